The first kappa shape index (κ1) is 20.1. The van der Waals surface area contributed by atoms with Gasteiger partial charge < -0.3 is 10.6 Å². The number of hydrogen-bond donors (Lipinski definition) is 2. The van der Waals surface area contributed by atoms with Crippen LogP contribution in [0.3, 0.4) is 0 Å². The number of hydrogen-bond acceptors (Lipinski definition) is 6. The molecule has 1 aliphatic heterocycles. The zero-order valence-corrected chi connectivity index (χ0v) is 19.0. The molecule has 1 fully saturated rings. The van der Waals surface area contributed by atoms with Crippen molar-refractivity contribution in [3.8, 4) is 10.6 Å². The molecule has 0 bridgehead atoms. The quantitative estimate of drug-likeness (QED) is 0.491. The minimum atomic E-state index is 0.0820. The molecule has 1 amide bonds. The Bertz CT molecular complexity index is 1020. The molecule has 0 unspecified atom stereocenters. The van der Waals surface area contributed by atoms with E-state index in [1.165, 1.54) is 33.5 Å². The van der Waals surface area contributed by atoms with Crippen LogP contribution in [0.1, 0.15) is 43.0 Å². The van der Waals surface area contributed by atoms with Gasteiger partial charge in [-0.05, 0) is 49.9 Å². The smallest absolute Gasteiger partial charge is 0.226 e. The van der Waals surface area contributed by atoms with E-state index in [0.717, 1.165) is 60.6 Å². The highest BCUT2D eigenvalue weighted by Gasteiger charge is 2.34. The Morgan fingerprint density at radius 2 is 2.10 bits per heavy atom. The molecule has 30 heavy (non-hydrogen) atoms. The van der Waals surface area contributed by atoms with E-state index in [1.54, 1.807) is 22.7 Å². The first-order chi connectivity index (χ1) is 14.7. The summed E-state index contributed by atoms with van der Waals surface area (Å²) in [6.45, 7) is 5.93. The summed E-state index contributed by atoms with van der Waals surface area (Å²) >= 11 is 3.49. The van der Waals surface area contributed by atoms with Crippen LogP contribution in [-0.2, 0) is 17.8 Å². The van der Waals surface area contributed by atoms with E-state index in [2.05, 4.69) is 40.7 Å². The number of carbonyl (C=O) groups is 1. The maximum absolute atomic E-state index is 12.7. The van der Waals surface area contributed by atoms with Crippen molar-refractivity contribution in [2.24, 2.45) is 0 Å². The van der Waals surface area contributed by atoms with E-state index in [4.69, 9.17) is 4.98 Å². The van der Waals surface area contributed by atoms with Crippen LogP contribution in [0.5, 0.6) is 0 Å². The average Bonchev–Trinajstić information content (AvgIpc) is 3.41. The van der Waals surface area contributed by atoms with Gasteiger partial charge in [0.2, 0.25) is 5.91 Å². The fourth-order valence-electron chi connectivity index (χ4n) is 4.16. The number of thiophene rings is 1. The van der Waals surface area contributed by atoms with Crippen LogP contribution < -0.4 is 10.6 Å². The second-order valence-electron chi connectivity index (χ2n) is 8.19. The van der Waals surface area contributed by atoms with Gasteiger partial charge in [0.15, 0.2) is 0 Å². The van der Waals surface area contributed by atoms with Gasteiger partial charge in [-0.1, -0.05) is 19.1 Å². The number of nitrogens with one attached hydrogen (secondary N) is 2. The first-order valence-corrected chi connectivity index (χ1v) is 12.6. The number of rotatable bonds is 8. The second kappa shape index (κ2) is 8.75. The molecular weight excluding hydrogens is 412 g/mol. The van der Waals surface area contributed by atoms with E-state index in [-0.39, 0.29) is 5.91 Å². The van der Waals surface area contributed by atoms with E-state index in [0.29, 0.717) is 6.42 Å². The third kappa shape index (κ3) is 4.17. The summed E-state index contributed by atoms with van der Waals surface area (Å²) in [7, 11) is 0. The van der Waals surface area contributed by atoms with Crippen LogP contribution in [0.4, 0.5) is 5.00 Å². The number of para-hydroxylation sites is 1. The van der Waals surface area contributed by atoms with E-state index in [1.807, 2.05) is 6.07 Å². The van der Waals surface area contributed by atoms with Crippen LogP contribution in [0.2, 0.25) is 0 Å². The summed E-state index contributed by atoms with van der Waals surface area (Å²) in [5.74, 6) is 0.0820. The van der Waals surface area contributed by atoms with Gasteiger partial charge >= 0.3 is 0 Å². The lowest BCUT2D eigenvalue weighted by Crippen LogP contribution is -2.31. The number of carbonyl (C=O) groups excluding carboxylic acids is 1. The number of benzene rings is 1. The van der Waals surface area contributed by atoms with Crippen molar-refractivity contribution in [1.29, 1.82) is 0 Å². The van der Waals surface area contributed by atoms with Crippen LogP contribution in [0.25, 0.3) is 20.8 Å². The standard InChI is InChI=1S/C23H28N4OS2/c1-2-11-24-12-9-20(28)26-23-21(22-25-17-5-3-4-6-18(17)29-22)16-10-13-27(15-7-8-15)14-19(16)30-23/h3-6,15,24H,2,7-14H2,1H3,(H,26,28). The summed E-state index contributed by atoms with van der Waals surface area (Å²) in [5, 5.41) is 8.57. The number of anilines is 1. The number of fused-ring (bicyclic) bond motifs is 2. The molecule has 7 heteroatoms. The van der Waals surface area contributed by atoms with E-state index >= 15 is 0 Å². The zero-order chi connectivity index (χ0) is 20.5. The molecule has 158 valence electrons. The summed E-state index contributed by atoms with van der Waals surface area (Å²) in [6, 6.07) is 9.07. The molecule has 0 atom stereocenters. The Hall–Kier alpha value is -1.80. The maximum Gasteiger partial charge on any atom is 0.226 e. The molecule has 0 saturated heterocycles. The predicted molar refractivity (Wildman–Crippen MR) is 126 cm³/mol. The Morgan fingerprint density at radius 3 is 2.90 bits per heavy atom. The third-order valence-electron chi connectivity index (χ3n) is 5.87. The molecule has 2 N–H and O–H groups in total. The highest BCUT2D eigenvalue weighted by molar-refractivity contribution is 7.22. The molecule has 3 heterocycles. The lowest BCUT2D eigenvalue weighted by molar-refractivity contribution is -0.116. The zero-order valence-electron chi connectivity index (χ0n) is 17.4. The van der Waals surface area contributed by atoms with Gasteiger partial charge in [0.05, 0.1) is 10.2 Å². The van der Waals surface area contributed by atoms with Crippen LogP contribution >= 0.6 is 22.7 Å². The first-order valence-electron chi connectivity index (χ1n) is 11.0. The molecular formula is C23H28N4OS2. The monoisotopic (exact) mass is 440 g/mol. The fraction of sp³-hybridized carbons (Fsp3) is 0.478. The molecule has 1 saturated carbocycles. The van der Waals surface area contributed by atoms with Crippen LogP contribution in [0, 0.1) is 0 Å². The molecule has 1 aromatic carbocycles. The SMILES string of the molecule is CCCNCCC(=O)Nc1sc2c(c1-c1nc3ccccc3s1)CCN(C1CC1)C2. The van der Waals surface area contributed by atoms with E-state index < -0.39 is 0 Å². The second-order valence-corrected chi connectivity index (χ2v) is 10.3. The van der Waals surface area contributed by atoms with Crippen molar-refractivity contribution in [1.82, 2.24) is 15.2 Å². The van der Waals surface area contributed by atoms with Crippen molar-refractivity contribution >= 4 is 43.8 Å². The molecule has 0 radical (unpaired) electrons. The molecule has 1 aliphatic carbocycles. The summed E-state index contributed by atoms with van der Waals surface area (Å²) in [5.41, 5.74) is 3.60. The normalized spacial score (nSPS) is 16.7. The molecule has 5 rings (SSSR count). The van der Waals surface area contributed by atoms with Crippen molar-refractivity contribution in [2.45, 2.75) is 51.6 Å². The Labute approximate surface area is 185 Å². The van der Waals surface area contributed by atoms with Crippen molar-refractivity contribution in [3.05, 3.63) is 34.7 Å². The van der Waals surface area contributed by atoms with Crippen molar-refractivity contribution in [2.75, 3.05) is 25.0 Å². The van der Waals surface area contributed by atoms with Gasteiger partial charge in [0.1, 0.15) is 10.0 Å². The highest BCUT2D eigenvalue weighted by atomic mass is 32.1. The number of amides is 1. The topological polar surface area (TPSA) is 57.3 Å². The van der Waals surface area contributed by atoms with Crippen molar-refractivity contribution in [3.63, 3.8) is 0 Å². The number of aromatic nitrogens is 1. The van der Waals surface area contributed by atoms with Gasteiger partial charge in [0.25, 0.3) is 0 Å². The molecule has 2 aromatic heterocycles. The Kier molecular flexibility index (Phi) is 5.87. The number of nitrogens with zero attached hydrogens (tertiary/aromatic N) is 2. The lowest BCUT2D eigenvalue weighted by Gasteiger charge is -2.26. The molecule has 0 spiro atoms. The van der Waals surface area contributed by atoms with E-state index in [9.17, 15) is 4.79 Å². The summed E-state index contributed by atoms with van der Waals surface area (Å²) in [4.78, 5) is 21.6. The third-order valence-corrected chi connectivity index (χ3v) is 8.05. The molecule has 3 aromatic rings. The molecule has 5 nitrogen and oxygen atoms in total. The fourth-order valence-corrected chi connectivity index (χ4v) is 6.56. The summed E-state index contributed by atoms with van der Waals surface area (Å²) < 4.78 is 1.20. The van der Waals surface area contributed by atoms with Gasteiger partial charge in [-0.2, -0.15) is 0 Å². The molecule has 2 aliphatic rings. The predicted octanol–water partition coefficient (Wildman–Crippen LogP) is 4.87. The Morgan fingerprint density at radius 1 is 1.23 bits per heavy atom. The lowest BCUT2D eigenvalue weighted by atomic mass is 10.0. The van der Waals surface area contributed by atoms with Crippen molar-refractivity contribution < 1.29 is 4.79 Å². The van der Waals surface area contributed by atoms with Gasteiger partial charge in [-0.25, -0.2) is 4.98 Å². The highest BCUT2D eigenvalue weighted by Crippen LogP contribution is 2.46. The largest absolute Gasteiger partial charge is 0.317 e. The van der Waals surface area contributed by atoms with Gasteiger partial charge in [-0.3, -0.25) is 9.69 Å². The minimum absolute atomic E-state index is 0.0820. The maximum atomic E-state index is 12.7. The van der Waals surface area contributed by atoms with Crippen LogP contribution in [0.15, 0.2) is 24.3 Å². The summed E-state index contributed by atoms with van der Waals surface area (Å²) in [6.07, 6.45) is 5.29. The van der Waals surface area contributed by atoms with Gasteiger partial charge in [0, 0.05) is 42.5 Å². The Balaban J connectivity index is 1.45. The van der Waals surface area contributed by atoms with Crippen LogP contribution in [-0.4, -0.2) is 41.5 Å². The van der Waals surface area contributed by atoms with Gasteiger partial charge in [-0.15, -0.1) is 22.7 Å². The minimum Gasteiger partial charge on any atom is -0.317 e. The number of thiazole rings is 1. The average molecular weight is 441 g/mol.